The van der Waals surface area contributed by atoms with Gasteiger partial charge in [-0.2, -0.15) is 0 Å². The van der Waals surface area contributed by atoms with Crippen molar-refractivity contribution in [1.29, 1.82) is 0 Å². The summed E-state index contributed by atoms with van der Waals surface area (Å²) in [6.45, 7) is 13.8. The van der Waals surface area contributed by atoms with Gasteiger partial charge in [0.05, 0.1) is 18.9 Å². The molecule has 0 radical (unpaired) electrons. The van der Waals surface area contributed by atoms with E-state index in [9.17, 15) is 0 Å². The van der Waals surface area contributed by atoms with Crippen molar-refractivity contribution in [2.45, 2.75) is 111 Å². The minimum atomic E-state index is 0.309. The molecule has 1 N–H and O–H groups in total. The van der Waals surface area contributed by atoms with Crippen LogP contribution >= 0.6 is 0 Å². The average molecular weight is 550 g/mol. The van der Waals surface area contributed by atoms with Crippen LogP contribution in [0.4, 0.5) is 0 Å². The Labute approximate surface area is 244 Å². The number of fused-ring (bicyclic) bond motifs is 5. The number of oxime groups is 1. The topological polar surface area (TPSA) is 51.0 Å². The second-order valence-corrected chi connectivity index (χ2v) is 14.7. The Morgan fingerprint density at radius 3 is 2.67 bits per heavy atom. The third-order valence-corrected chi connectivity index (χ3v) is 12.0. The van der Waals surface area contributed by atoms with Gasteiger partial charge in [-0.05, 0) is 115 Å². The van der Waals surface area contributed by atoms with Crippen molar-refractivity contribution in [3.8, 4) is 5.75 Å². The fourth-order valence-corrected chi connectivity index (χ4v) is 9.92. The summed E-state index contributed by atoms with van der Waals surface area (Å²) in [7, 11) is 0. The van der Waals surface area contributed by atoms with E-state index in [4.69, 9.17) is 14.7 Å². The van der Waals surface area contributed by atoms with Crippen LogP contribution < -0.4 is 4.74 Å². The van der Waals surface area contributed by atoms with Crippen LogP contribution in [0.5, 0.6) is 5.75 Å². The van der Waals surface area contributed by atoms with Gasteiger partial charge in [-0.1, -0.05) is 82.8 Å². The summed E-state index contributed by atoms with van der Waals surface area (Å²) < 4.78 is 12.3. The van der Waals surface area contributed by atoms with Crippen molar-refractivity contribution in [1.82, 2.24) is 0 Å². The predicted molar refractivity (Wildman–Crippen MR) is 164 cm³/mol. The highest BCUT2D eigenvalue weighted by atomic mass is 16.5. The van der Waals surface area contributed by atoms with E-state index in [2.05, 4.69) is 45.9 Å². The minimum Gasteiger partial charge on any atom is -0.491 e. The largest absolute Gasteiger partial charge is 0.491 e. The molecule has 3 saturated carbocycles. The van der Waals surface area contributed by atoms with E-state index in [1.54, 1.807) is 5.57 Å². The van der Waals surface area contributed by atoms with E-state index in [0.29, 0.717) is 30.1 Å². The van der Waals surface area contributed by atoms with E-state index in [0.717, 1.165) is 59.7 Å². The number of allylic oxidation sites excluding steroid dienone is 1. The van der Waals surface area contributed by atoms with Crippen LogP contribution in [0.1, 0.15) is 111 Å². The van der Waals surface area contributed by atoms with E-state index >= 15 is 0 Å². The first-order valence-electron chi connectivity index (χ1n) is 16.5. The molecule has 4 aliphatic rings. The van der Waals surface area contributed by atoms with Gasteiger partial charge in [0.1, 0.15) is 12.4 Å². The zero-order valence-corrected chi connectivity index (χ0v) is 25.9. The van der Waals surface area contributed by atoms with Gasteiger partial charge in [-0.3, -0.25) is 0 Å². The lowest BCUT2D eigenvalue weighted by Gasteiger charge is -2.58. The Morgan fingerprint density at radius 1 is 1.02 bits per heavy atom. The zero-order chi connectivity index (χ0) is 28.3. The molecule has 0 unspecified atom stereocenters. The Balaban J connectivity index is 1.15. The van der Waals surface area contributed by atoms with Crippen molar-refractivity contribution in [2.24, 2.45) is 51.5 Å². The van der Waals surface area contributed by atoms with Crippen LogP contribution in [0.3, 0.4) is 0 Å². The molecule has 4 nitrogen and oxygen atoms in total. The highest BCUT2D eigenvalue weighted by Gasteiger charge is 2.59. The smallest absolute Gasteiger partial charge is 0.120 e. The molecular formula is C36H55NO3. The molecule has 3 fully saturated rings. The second kappa shape index (κ2) is 12.6. The number of rotatable bonds is 11. The lowest BCUT2D eigenvalue weighted by atomic mass is 9.47. The molecule has 0 bridgehead atoms. The van der Waals surface area contributed by atoms with Gasteiger partial charge < -0.3 is 14.7 Å². The first kappa shape index (κ1) is 29.7. The third kappa shape index (κ3) is 6.03. The zero-order valence-electron chi connectivity index (χ0n) is 25.9. The van der Waals surface area contributed by atoms with Crippen LogP contribution in [0, 0.1) is 46.3 Å². The van der Waals surface area contributed by atoms with E-state index in [1.807, 2.05) is 24.3 Å². The Morgan fingerprint density at radius 2 is 1.88 bits per heavy atom. The van der Waals surface area contributed by atoms with E-state index in [1.165, 1.54) is 64.0 Å². The molecule has 1 aromatic rings. The van der Waals surface area contributed by atoms with Crippen LogP contribution in [0.2, 0.25) is 0 Å². The number of ether oxygens (including phenoxy) is 2. The first-order chi connectivity index (χ1) is 19.2. The van der Waals surface area contributed by atoms with Gasteiger partial charge in [0.2, 0.25) is 0 Å². The minimum absolute atomic E-state index is 0.309. The Kier molecular flexibility index (Phi) is 9.34. The average Bonchev–Trinajstić information content (AvgIpc) is 3.28. The molecule has 4 aliphatic carbocycles. The predicted octanol–water partition coefficient (Wildman–Crippen LogP) is 9.30. The fourth-order valence-electron chi connectivity index (χ4n) is 9.92. The third-order valence-electron chi connectivity index (χ3n) is 12.0. The van der Waals surface area contributed by atoms with Crippen LogP contribution in [-0.4, -0.2) is 30.7 Å². The Hall–Kier alpha value is -1.81. The monoisotopic (exact) mass is 549 g/mol. The lowest BCUT2D eigenvalue weighted by molar-refractivity contribution is -0.0653. The highest BCUT2D eigenvalue weighted by molar-refractivity contribution is 5.79. The normalized spacial score (nSPS) is 36.1. The van der Waals surface area contributed by atoms with Gasteiger partial charge in [-0.25, -0.2) is 0 Å². The number of hydrogen-bond donors (Lipinski definition) is 1. The van der Waals surface area contributed by atoms with E-state index < -0.39 is 0 Å². The standard InChI is InChI=1S/C36H55NO3/c1-25(2)8-6-9-26(3)32-14-15-33-31-13-12-28-23-30(16-18-35(28,4)34(31)17-19-36(32,33)5)40-21-20-39-29-11-7-10-27(22-29)24-37-38/h7,10-12,22,24-26,30-34,38H,6,8-9,13-21,23H2,1-5H3/b37-24+/t26-,30+,31+,32-,33+,34+,35+,36-/m1/s1. The summed E-state index contributed by atoms with van der Waals surface area (Å²) in [5.41, 5.74) is 3.45. The molecule has 0 spiro atoms. The Bertz CT molecular complexity index is 1050. The van der Waals surface area contributed by atoms with Crippen molar-refractivity contribution < 1.29 is 14.7 Å². The van der Waals surface area contributed by atoms with Gasteiger partial charge >= 0.3 is 0 Å². The molecule has 0 heterocycles. The quantitative estimate of drug-likeness (QED) is 0.0983. The number of benzene rings is 1. The van der Waals surface area contributed by atoms with Gasteiger partial charge in [0, 0.05) is 0 Å². The lowest BCUT2D eigenvalue weighted by Crippen LogP contribution is -2.51. The summed E-state index contributed by atoms with van der Waals surface area (Å²) in [6, 6.07) is 7.60. The fraction of sp³-hybridized carbons (Fsp3) is 0.750. The van der Waals surface area contributed by atoms with Crippen LogP contribution in [-0.2, 0) is 4.74 Å². The number of nitrogens with zero attached hydrogens (tertiary/aromatic N) is 1. The SMILES string of the molecule is CC(C)CCC[C@@H](C)[C@H]1CC[C@H]2[C@@H]3CC=C4C[C@@H](OCCOc5cccc(/C=N/O)c5)CC[C@]4(C)[C@H]3CC[C@]12C. The highest BCUT2D eigenvalue weighted by Crippen LogP contribution is 2.67. The molecule has 0 amide bonds. The molecular weight excluding hydrogens is 494 g/mol. The van der Waals surface area contributed by atoms with Crippen molar-refractivity contribution in [2.75, 3.05) is 13.2 Å². The van der Waals surface area contributed by atoms with E-state index in [-0.39, 0.29) is 0 Å². The first-order valence-corrected chi connectivity index (χ1v) is 16.5. The van der Waals surface area contributed by atoms with Crippen molar-refractivity contribution in [3.63, 3.8) is 0 Å². The van der Waals surface area contributed by atoms with Crippen molar-refractivity contribution >= 4 is 6.21 Å². The molecule has 40 heavy (non-hydrogen) atoms. The summed E-state index contributed by atoms with van der Waals surface area (Å²) in [6.07, 6.45) is 19.3. The summed E-state index contributed by atoms with van der Waals surface area (Å²) in [4.78, 5) is 0. The maximum Gasteiger partial charge on any atom is 0.120 e. The molecule has 1 aromatic carbocycles. The molecule has 0 aromatic heterocycles. The maximum atomic E-state index is 8.76. The molecule has 0 saturated heterocycles. The van der Waals surface area contributed by atoms with Gasteiger partial charge in [0.15, 0.2) is 0 Å². The maximum absolute atomic E-state index is 8.76. The molecule has 0 aliphatic heterocycles. The summed E-state index contributed by atoms with van der Waals surface area (Å²) >= 11 is 0. The molecule has 222 valence electrons. The van der Waals surface area contributed by atoms with Crippen LogP contribution in [0.25, 0.3) is 0 Å². The van der Waals surface area contributed by atoms with Gasteiger partial charge in [-0.15, -0.1) is 0 Å². The second-order valence-electron chi connectivity index (χ2n) is 14.7. The molecule has 5 rings (SSSR count). The van der Waals surface area contributed by atoms with Gasteiger partial charge in [0.25, 0.3) is 0 Å². The molecule has 4 heteroatoms. The number of hydrogen-bond acceptors (Lipinski definition) is 4. The van der Waals surface area contributed by atoms with Crippen molar-refractivity contribution in [3.05, 3.63) is 41.5 Å². The summed E-state index contributed by atoms with van der Waals surface area (Å²) in [5.74, 6) is 6.10. The molecule has 8 atom stereocenters. The van der Waals surface area contributed by atoms with Crippen LogP contribution in [0.15, 0.2) is 41.1 Å². The summed E-state index contributed by atoms with van der Waals surface area (Å²) in [5, 5.41) is 11.9.